The van der Waals surface area contributed by atoms with Crippen molar-refractivity contribution in [3.63, 3.8) is 0 Å². The summed E-state index contributed by atoms with van der Waals surface area (Å²) in [6.45, 7) is 8.38. The maximum atomic E-state index is 12.4. The highest BCUT2D eigenvalue weighted by atomic mass is 32.2. The van der Waals surface area contributed by atoms with Crippen molar-refractivity contribution in [2.75, 3.05) is 13.3 Å². The fourth-order valence-electron chi connectivity index (χ4n) is 2.32. The highest BCUT2D eigenvalue weighted by Gasteiger charge is 2.16. The first-order chi connectivity index (χ1) is 12.1. The smallest absolute Gasteiger partial charge is 0.253 e. The van der Waals surface area contributed by atoms with Crippen LogP contribution in [0.15, 0.2) is 30.3 Å². The summed E-state index contributed by atoms with van der Waals surface area (Å²) in [6, 6.07) is 9.90. The molecule has 1 heterocycles. The number of aromatic nitrogens is 1. The van der Waals surface area contributed by atoms with Crippen molar-refractivity contribution in [3.8, 4) is 0 Å². The van der Waals surface area contributed by atoms with Crippen molar-refractivity contribution in [2.45, 2.75) is 34.2 Å². The van der Waals surface area contributed by atoms with Gasteiger partial charge in [-0.2, -0.15) is 0 Å². The zero-order valence-corrected chi connectivity index (χ0v) is 17.0. The molecular formula is C19H27N3O3S. The average Bonchev–Trinajstić information content (AvgIpc) is 2.59. The molecule has 0 bridgehead atoms. The number of rotatable bonds is 4. The normalized spacial score (nSPS) is 10.7. The van der Waals surface area contributed by atoms with Crippen molar-refractivity contribution < 1.29 is 13.2 Å². The molecule has 2 N–H and O–H groups in total. The van der Waals surface area contributed by atoms with Gasteiger partial charge in [0.25, 0.3) is 5.91 Å². The Hall–Kier alpha value is -2.25. The Kier molecular flexibility index (Phi) is 7.92. The topological polar surface area (TPSA) is 88.2 Å². The third kappa shape index (κ3) is 6.57. The molecule has 7 heteroatoms. The molecule has 2 aromatic rings. The highest BCUT2D eigenvalue weighted by molar-refractivity contribution is 7.88. The van der Waals surface area contributed by atoms with E-state index in [1.54, 1.807) is 0 Å². The second-order valence-electron chi connectivity index (χ2n) is 6.05. The van der Waals surface area contributed by atoms with Gasteiger partial charge in [-0.25, -0.2) is 13.1 Å². The van der Waals surface area contributed by atoms with Crippen molar-refractivity contribution >= 4 is 15.9 Å². The van der Waals surface area contributed by atoms with Gasteiger partial charge in [0.2, 0.25) is 10.0 Å². The number of amides is 1. The van der Waals surface area contributed by atoms with E-state index in [-0.39, 0.29) is 5.91 Å². The Bertz CT molecular complexity index is 863. The van der Waals surface area contributed by atoms with E-state index < -0.39 is 10.0 Å². The summed E-state index contributed by atoms with van der Waals surface area (Å²) in [4.78, 5) is 16.8. The van der Waals surface area contributed by atoms with Crippen LogP contribution in [0.25, 0.3) is 0 Å². The molecule has 142 valence electrons. The van der Waals surface area contributed by atoms with E-state index >= 15 is 0 Å². The molecule has 0 aliphatic rings. The minimum Gasteiger partial charge on any atom is -0.348 e. The zero-order valence-electron chi connectivity index (χ0n) is 16.2. The number of hydrogen-bond donors (Lipinski definition) is 2. The van der Waals surface area contributed by atoms with E-state index in [2.05, 4.69) is 15.0 Å². The zero-order chi connectivity index (χ0) is 19.9. The molecule has 0 fully saturated rings. The predicted molar refractivity (Wildman–Crippen MR) is 105 cm³/mol. The minimum absolute atomic E-state index is 0.0561. The lowest BCUT2D eigenvalue weighted by Gasteiger charge is -2.14. The third-order valence-electron chi connectivity index (χ3n) is 4.07. The highest BCUT2D eigenvalue weighted by Crippen LogP contribution is 2.18. The average molecular weight is 378 g/mol. The number of nitrogens with zero attached hydrogens (tertiary/aromatic N) is 1. The molecule has 2 rings (SSSR count). The van der Waals surface area contributed by atoms with Gasteiger partial charge in [0.15, 0.2) is 0 Å². The van der Waals surface area contributed by atoms with Crippen molar-refractivity contribution in [3.05, 3.63) is 64.0 Å². The van der Waals surface area contributed by atoms with E-state index in [0.29, 0.717) is 12.1 Å². The van der Waals surface area contributed by atoms with E-state index in [1.165, 1.54) is 7.05 Å². The molecule has 0 radical (unpaired) electrons. The van der Waals surface area contributed by atoms with Crippen LogP contribution in [-0.2, 0) is 16.6 Å². The number of sulfonamides is 1. The van der Waals surface area contributed by atoms with Gasteiger partial charge in [0.1, 0.15) is 0 Å². The van der Waals surface area contributed by atoms with Gasteiger partial charge in [-0.1, -0.05) is 30.3 Å². The van der Waals surface area contributed by atoms with E-state index in [0.717, 1.165) is 34.3 Å². The molecule has 1 aromatic carbocycles. The lowest BCUT2D eigenvalue weighted by molar-refractivity contribution is 0.0949. The van der Waals surface area contributed by atoms with Crippen molar-refractivity contribution in [1.29, 1.82) is 0 Å². The largest absolute Gasteiger partial charge is 0.348 e. The van der Waals surface area contributed by atoms with Crippen LogP contribution in [0, 0.1) is 27.7 Å². The molecule has 0 spiro atoms. The fraction of sp³-hybridized carbons (Fsp3) is 0.368. The fourth-order valence-corrected chi connectivity index (χ4v) is 2.32. The monoisotopic (exact) mass is 377 g/mol. The van der Waals surface area contributed by atoms with Crippen molar-refractivity contribution in [2.24, 2.45) is 0 Å². The molecule has 0 saturated heterocycles. The molecule has 26 heavy (non-hydrogen) atoms. The molecule has 0 atom stereocenters. The number of carbonyl (C=O) groups excluding carboxylic acids is 1. The quantitative estimate of drug-likeness (QED) is 0.856. The van der Waals surface area contributed by atoms with Gasteiger partial charge in [-0.15, -0.1) is 0 Å². The molecule has 0 unspecified atom stereocenters. The number of pyridine rings is 1. The first kappa shape index (κ1) is 21.8. The van der Waals surface area contributed by atoms with Crippen LogP contribution in [0.1, 0.15) is 38.4 Å². The third-order valence-corrected chi connectivity index (χ3v) is 4.81. The Morgan fingerprint density at radius 3 is 2.04 bits per heavy atom. The van der Waals surface area contributed by atoms with Crippen LogP contribution in [-0.4, -0.2) is 32.6 Å². The summed E-state index contributed by atoms with van der Waals surface area (Å²) in [5.41, 5.74) is 5.66. The second kappa shape index (κ2) is 9.45. The first-order valence-electron chi connectivity index (χ1n) is 8.21. The van der Waals surface area contributed by atoms with Crippen LogP contribution in [0.5, 0.6) is 0 Å². The Morgan fingerprint density at radius 1 is 1.00 bits per heavy atom. The summed E-state index contributed by atoms with van der Waals surface area (Å²) < 4.78 is 21.9. The van der Waals surface area contributed by atoms with Gasteiger partial charge in [0, 0.05) is 12.2 Å². The number of benzene rings is 1. The van der Waals surface area contributed by atoms with Gasteiger partial charge in [-0.3, -0.25) is 9.78 Å². The SMILES string of the molecule is CNS(C)(=O)=O.Cc1nc(C)c(C(=O)NCc2ccccc2)c(C)c1C. The van der Waals surface area contributed by atoms with Crippen LogP contribution < -0.4 is 10.0 Å². The maximum Gasteiger partial charge on any atom is 0.253 e. The van der Waals surface area contributed by atoms with Crippen LogP contribution >= 0.6 is 0 Å². The molecule has 1 amide bonds. The van der Waals surface area contributed by atoms with E-state index in [4.69, 9.17) is 0 Å². The maximum absolute atomic E-state index is 12.4. The van der Waals surface area contributed by atoms with Crippen LogP contribution in [0.4, 0.5) is 0 Å². The Balaban J connectivity index is 0.000000487. The number of aryl methyl sites for hydroxylation is 2. The van der Waals surface area contributed by atoms with E-state index in [9.17, 15) is 13.2 Å². The Labute approximate surface area is 156 Å². The summed E-state index contributed by atoms with van der Waals surface area (Å²) in [5, 5.41) is 2.96. The van der Waals surface area contributed by atoms with Gasteiger partial charge >= 0.3 is 0 Å². The van der Waals surface area contributed by atoms with Gasteiger partial charge in [-0.05, 0) is 51.4 Å². The van der Waals surface area contributed by atoms with Gasteiger partial charge in [0.05, 0.1) is 17.5 Å². The van der Waals surface area contributed by atoms with E-state index in [1.807, 2.05) is 58.0 Å². The molecule has 1 aromatic heterocycles. The van der Waals surface area contributed by atoms with Crippen molar-refractivity contribution in [1.82, 2.24) is 15.0 Å². The number of hydrogen-bond acceptors (Lipinski definition) is 4. The first-order valence-corrected chi connectivity index (χ1v) is 10.1. The molecule has 0 aliphatic heterocycles. The lowest BCUT2D eigenvalue weighted by atomic mass is 10.0. The molecular weight excluding hydrogens is 350 g/mol. The molecule has 0 saturated carbocycles. The standard InChI is InChI=1S/C17H20N2O.C2H7NO2S/c1-11-12(2)16(14(4)19-13(11)3)17(20)18-10-15-8-6-5-7-9-15;1-3-6(2,4)5/h5-9H,10H2,1-4H3,(H,18,20);3H,1-2H3. The molecule has 0 aliphatic carbocycles. The molecule has 6 nitrogen and oxygen atoms in total. The number of nitrogens with one attached hydrogen (secondary N) is 2. The van der Waals surface area contributed by atoms with Crippen LogP contribution in [0.2, 0.25) is 0 Å². The second-order valence-corrected chi connectivity index (χ2v) is 8.00. The predicted octanol–water partition coefficient (Wildman–Crippen LogP) is 2.41. The summed E-state index contributed by atoms with van der Waals surface area (Å²) in [6.07, 6.45) is 1.10. The lowest BCUT2D eigenvalue weighted by Crippen LogP contribution is -2.25. The number of carbonyl (C=O) groups is 1. The minimum atomic E-state index is -2.91. The van der Waals surface area contributed by atoms with Gasteiger partial charge < -0.3 is 5.32 Å². The summed E-state index contributed by atoms with van der Waals surface area (Å²) in [5.74, 6) is -0.0561. The van der Waals surface area contributed by atoms with Crippen LogP contribution in [0.3, 0.4) is 0 Å². The summed E-state index contributed by atoms with van der Waals surface area (Å²) >= 11 is 0. The summed E-state index contributed by atoms with van der Waals surface area (Å²) in [7, 11) is -1.54. The Morgan fingerprint density at radius 2 is 1.54 bits per heavy atom.